The van der Waals surface area contributed by atoms with Crippen molar-refractivity contribution in [3.05, 3.63) is 58.0 Å². The molecule has 1 N–H and O–H groups in total. The number of nitrogens with zero attached hydrogens (tertiary/aromatic N) is 2. The first kappa shape index (κ1) is 16.3. The highest BCUT2D eigenvalue weighted by Gasteiger charge is 2.09. The van der Waals surface area contributed by atoms with Gasteiger partial charge in [0.1, 0.15) is 5.56 Å². The number of amides is 1. The molecule has 0 saturated carbocycles. The molecule has 0 aliphatic rings. The van der Waals surface area contributed by atoms with Gasteiger partial charge >= 0.3 is 0 Å². The van der Waals surface area contributed by atoms with Crippen LogP contribution in [-0.4, -0.2) is 30.9 Å². The summed E-state index contributed by atoms with van der Waals surface area (Å²) in [5.41, 5.74) is 2.68. The molecule has 1 amide bonds. The normalized spacial score (nSPS) is 10.6. The van der Waals surface area contributed by atoms with Crippen LogP contribution in [0.1, 0.15) is 15.9 Å². The minimum atomic E-state index is -0.567. The van der Waals surface area contributed by atoms with Gasteiger partial charge in [-0.15, -0.1) is 0 Å². The van der Waals surface area contributed by atoms with Crippen molar-refractivity contribution >= 4 is 12.1 Å². The number of pyridine rings is 1. The molecule has 0 unspecified atom stereocenters. The molecule has 1 heterocycles. The van der Waals surface area contributed by atoms with Gasteiger partial charge in [-0.25, -0.2) is 5.43 Å². The van der Waals surface area contributed by atoms with Crippen LogP contribution in [0.5, 0.6) is 11.5 Å². The lowest BCUT2D eigenvalue weighted by Gasteiger charge is -2.07. The average Bonchev–Trinajstić information content (AvgIpc) is 2.57. The van der Waals surface area contributed by atoms with E-state index in [4.69, 9.17) is 9.47 Å². The highest BCUT2D eigenvalue weighted by atomic mass is 16.5. The summed E-state index contributed by atoms with van der Waals surface area (Å²) in [5.74, 6) is 0.587. The van der Waals surface area contributed by atoms with Gasteiger partial charge < -0.3 is 14.0 Å². The van der Waals surface area contributed by atoms with Crippen LogP contribution in [0, 0.1) is 0 Å². The van der Waals surface area contributed by atoms with Gasteiger partial charge in [-0.1, -0.05) is 0 Å². The second-order valence-corrected chi connectivity index (χ2v) is 4.65. The van der Waals surface area contributed by atoms with Crippen molar-refractivity contribution in [1.29, 1.82) is 0 Å². The molecule has 0 atom stereocenters. The summed E-state index contributed by atoms with van der Waals surface area (Å²) in [7, 11) is 4.66. The van der Waals surface area contributed by atoms with Crippen molar-refractivity contribution in [3.63, 3.8) is 0 Å². The standard InChI is InChI=1S/C16H17N3O4/c1-19-8-4-5-12(16(19)21)15(20)18-17-10-11-6-7-13(22-2)14(9-11)23-3/h4-10H,1-3H3,(H,18,20)/b17-10-. The Kier molecular flexibility index (Phi) is 5.14. The second kappa shape index (κ2) is 7.26. The predicted octanol–water partition coefficient (Wildman–Crippen LogP) is 1.17. The SMILES string of the molecule is COc1ccc(/C=N\NC(=O)c2cccn(C)c2=O)cc1OC. The van der Waals surface area contributed by atoms with E-state index in [1.165, 1.54) is 24.0 Å². The van der Waals surface area contributed by atoms with Crippen LogP contribution in [0.15, 0.2) is 46.4 Å². The van der Waals surface area contributed by atoms with Crippen LogP contribution in [0.4, 0.5) is 0 Å². The highest BCUT2D eigenvalue weighted by Crippen LogP contribution is 2.26. The number of carbonyl (C=O) groups is 1. The van der Waals surface area contributed by atoms with E-state index in [1.807, 2.05) is 0 Å². The number of benzene rings is 1. The summed E-state index contributed by atoms with van der Waals surface area (Å²) in [6, 6.07) is 8.28. The summed E-state index contributed by atoms with van der Waals surface area (Å²) in [4.78, 5) is 23.8. The second-order valence-electron chi connectivity index (χ2n) is 4.65. The molecule has 0 radical (unpaired) electrons. The molecule has 23 heavy (non-hydrogen) atoms. The molecular formula is C16H17N3O4. The number of hydrazone groups is 1. The van der Waals surface area contributed by atoms with Crippen molar-refractivity contribution < 1.29 is 14.3 Å². The number of nitrogens with one attached hydrogen (secondary N) is 1. The van der Waals surface area contributed by atoms with Crippen molar-refractivity contribution in [2.75, 3.05) is 14.2 Å². The molecule has 0 spiro atoms. The molecule has 120 valence electrons. The monoisotopic (exact) mass is 315 g/mol. The van der Waals surface area contributed by atoms with Gasteiger partial charge in [0.15, 0.2) is 11.5 Å². The van der Waals surface area contributed by atoms with Gasteiger partial charge in [-0.05, 0) is 35.9 Å². The maximum absolute atomic E-state index is 11.9. The maximum atomic E-state index is 11.9. The lowest BCUT2D eigenvalue weighted by Crippen LogP contribution is -2.29. The molecule has 0 aliphatic carbocycles. The van der Waals surface area contributed by atoms with E-state index in [9.17, 15) is 9.59 Å². The van der Waals surface area contributed by atoms with Gasteiger partial charge in [0.2, 0.25) is 0 Å². The fourth-order valence-corrected chi connectivity index (χ4v) is 1.93. The fraction of sp³-hybridized carbons (Fsp3) is 0.188. The van der Waals surface area contributed by atoms with E-state index in [-0.39, 0.29) is 11.1 Å². The zero-order valence-corrected chi connectivity index (χ0v) is 13.1. The minimum Gasteiger partial charge on any atom is -0.493 e. The smallest absolute Gasteiger partial charge is 0.276 e. The lowest BCUT2D eigenvalue weighted by molar-refractivity contribution is 0.0953. The first-order valence-electron chi connectivity index (χ1n) is 6.78. The van der Waals surface area contributed by atoms with Gasteiger partial charge in [0.25, 0.3) is 11.5 Å². The average molecular weight is 315 g/mol. The number of hydrogen-bond donors (Lipinski definition) is 1. The van der Waals surface area contributed by atoms with E-state index >= 15 is 0 Å². The van der Waals surface area contributed by atoms with Crippen LogP contribution in [0.3, 0.4) is 0 Å². The Morgan fingerprint density at radius 3 is 2.65 bits per heavy atom. The first-order valence-corrected chi connectivity index (χ1v) is 6.78. The largest absolute Gasteiger partial charge is 0.493 e. The molecule has 1 aromatic heterocycles. The summed E-state index contributed by atoms with van der Waals surface area (Å²) >= 11 is 0. The van der Waals surface area contributed by atoms with Gasteiger partial charge in [-0.3, -0.25) is 9.59 Å². The molecule has 1 aromatic carbocycles. The van der Waals surface area contributed by atoms with E-state index in [1.54, 1.807) is 44.6 Å². The van der Waals surface area contributed by atoms with Crippen LogP contribution in [0.25, 0.3) is 0 Å². The molecule has 0 bridgehead atoms. The number of carbonyl (C=O) groups excluding carboxylic acids is 1. The van der Waals surface area contributed by atoms with E-state index in [2.05, 4.69) is 10.5 Å². The summed E-state index contributed by atoms with van der Waals surface area (Å²) < 4.78 is 11.7. The molecule has 0 fully saturated rings. The zero-order valence-electron chi connectivity index (χ0n) is 13.1. The third kappa shape index (κ3) is 3.76. The number of aryl methyl sites for hydroxylation is 1. The highest BCUT2D eigenvalue weighted by molar-refractivity contribution is 5.94. The number of aromatic nitrogens is 1. The van der Waals surface area contributed by atoms with Crippen molar-refractivity contribution in [2.24, 2.45) is 12.1 Å². The molecule has 0 aliphatic heterocycles. The van der Waals surface area contributed by atoms with Gasteiger partial charge in [-0.2, -0.15) is 5.10 Å². The molecular weight excluding hydrogens is 298 g/mol. The van der Waals surface area contributed by atoms with Crippen LogP contribution >= 0.6 is 0 Å². The van der Waals surface area contributed by atoms with Crippen molar-refractivity contribution in [1.82, 2.24) is 9.99 Å². The first-order chi connectivity index (χ1) is 11.1. The number of methoxy groups -OCH3 is 2. The molecule has 2 rings (SSSR count). The predicted molar refractivity (Wildman–Crippen MR) is 86.3 cm³/mol. The third-order valence-electron chi connectivity index (χ3n) is 3.16. The van der Waals surface area contributed by atoms with Gasteiger partial charge in [0.05, 0.1) is 20.4 Å². The Morgan fingerprint density at radius 1 is 1.22 bits per heavy atom. The molecule has 2 aromatic rings. The summed E-state index contributed by atoms with van der Waals surface area (Å²) in [5, 5.41) is 3.85. The molecule has 7 heteroatoms. The summed E-state index contributed by atoms with van der Waals surface area (Å²) in [6.07, 6.45) is 3.03. The topological polar surface area (TPSA) is 81.9 Å². The Balaban J connectivity index is 2.11. The van der Waals surface area contributed by atoms with Crippen molar-refractivity contribution in [2.45, 2.75) is 0 Å². The zero-order chi connectivity index (χ0) is 16.8. The summed E-state index contributed by atoms with van der Waals surface area (Å²) in [6.45, 7) is 0. The Labute approximate surface area is 133 Å². The van der Waals surface area contributed by atoms with Crippen LogP contribution < -0.4 is 20.5 Å². The van der Waals surface area contributed by atoms with Gasteiger partial charge in [0, 0.05) is 13.2 Å². The quantitative estimate of drug-likeness (QED) is 0.663. The Bertz CT molecular complexity index is 796. The van der Waals surface area contributed by atoms with E-state index in [0.29, 0.717) is 17.1 Å². The van der Waals surface area contributed by atoms with Crippen molar-refractivity contribution in [3.8, 4) is 11.5 Å². The lowest BCUT2D eigenvalue weighted by atomic mass is 10.2. The number of rotatable bonds is 5. The fourth-order valence-electron chi connectivity index (χ4n) is 1.93. The van der Waals surface area contributed by atoms with E-state index < -0.39 is 5.91 Å². The molecule has 7 nitrogen and oxygen atoms in total. The van der Waals surface area contributed by atoms with Crippen LogP contribution in [-0.2, 0) is 7.05 Å². The molecule has 0 saturated heterocycles. The number of ether oxygens (including phenoxy) is 2. The van der Waals surface area contributed by atoms with Crippen LogP contribution in [0.2, 0.25) is 0 Å². The third-order valence-corrected chi connectivity index (χ3v) is 3.16. The minimum absolute atomic E-state index is 0.0273. The number of hydrogen-bond acceptors (Lipinski definition) is 5. The maximum Gasteiger partial charge on any atom is 0.276 e. The Morgan fingerprint density at radius 2 is 1.96 bits per heavy atom. The van der Waals surface area contributed by atoms with E-state index in [0.717, 1.165) is 0 Å². The Hall–Kier alpha value is -3.09.